The number of sulfonamides is 1. The number of halogens is 5. The van der Waals surface area contributed by atoms with Crippen LogP contribution in [-0.2, 0) is 25.8 Å². The zero-order valence-electron chi connectivity index (χ0n) is 17.7. The summed E-state index contributed by atoms with van der Waals surface area (Å²) in [6.45, 7) is 0. The number of alkyl halides is 3. The van der Waals surface area contributed by atoms with Crippen molar-refractivity contribution in [1.82, 2.24) is 4.98 Å². The second-order valence-corrected chi connectivity index (χ2v) is 9.74. The fraction of sp³-hybridized carbons (Fsp3) is 0.0455. The van der Waals surface area contributed by atoms with E-state index in [2.05, 4.69) is 15.0 Å². The number of carbonyl (C=O) groups is 2. The van der Waals surface area contributed by atoms with Crippen LogP contribution >= 0.6 is 23.2 Å². The number of anilines is 3. The Labute approximate surface area is 212 Å². The fourth-order valence-corrected chi connectivity index (χ4v) is 4.59. The number of aromatic nitrogens is 1. The van der Waals surface area contributed by atoms with Gasteiger partial charge in [0.15, 0.2) is 0 Å². The molecule has 14 heteroatoms. The third-order valence-corrected chi connectivity index (χ3v) is 6.92. The van der Waals surface area contributed by atoms with E-state index >= 15 is 0 Å². The predicted octanol–water partition coefficient (Wildman–Crippen LogP) is 4.99. The molecule has 2 aromatic carbocycles. The van der Waals surface area contributed by atoms with Crippen molar-refractivity contribution < 1.29 is 31.2 Å². The van der Waals surface area contributed by atoms with Gasteiger partial charge in [-0.25, -0.2) is 18.3 Å². The highest BCUT2D eigenvalue weighted by Crippen LogP contribution is 2.38. The molecule has 3 aromatic rings. The number of nitrogens with one attached hydrogen (secondary N) is 2. The molecule has 0 radical (unpaired) electrons. The van der Waals surface area contributed by atoms with E-state index in [1.54, 1.807) is 12.1 Å². The first kappa shape index (κ1) is 25.5. The molecule has 0 fully saturated rings. The normalized spacial score (nSPS) is 14.4. The lowest BCUT2D eigenvalue weighted by molar-refractivity contribution is -0.137. The maximum absolute atomic E-state index is 13.1. The van der Waals surface area contributed by atoms with Gasteiger partial charge < -0.3 is 5.32 Å². The highest BCUT2D eigenvalue weighted by molar-refractivity contribution is 7.92. The van der Waals surface area contributed by atoms with E-state index in [0.717, 1.165) is 6.07 Å². The number of pyridine rings is 1. The van der Waals surface area contributed by atoms with E-state index in [4.69, 9.17) is 23.2 Å². The highest BCUT2D eigenvalue weighted by atomic mass is 35.5. The molecule has 0 saturated heterocycles. The number of hydrogen-bond acceptors (Lipinski definition) is 6. The minimum Gasteiger partial charge on any atom is -0.350 e. The molecule has 0 unspecified atom stereocenters. The molecule has 2 N–H and O–H groups in total. The van der Waals surface area contributed by atoms with E-state index in [-0.39, 0.29) is 21.4 Å². The van der Waals surface area contributed by atoms with Crippen LogP contribution in [0.3, 0.4) is 0 Å². The molecule has 36 heavy (non-hydrogen) atoms. The van der Waals surface area contributed by atoms with Gasteiger partial charge in [0.05, 0.1) is 21.2 Å². The molecular formula is C22H13Cl2F3N4O4S. The lowest BCUT2D eigenvalue weighted by atomic mass is 10.2. The first-order chi connectivity index (χ1) is 16.9. The summed E-state index contributed by atoms with van der Waals surface area (Å²) in [7, 11) is -3.97. The van der Waals surface area contributed by atoms with Gasteiger partial charge in [-0.15, -0.1) is 0 Å². The van der Waals surface area contributed by atoms with Crippen molar-refractivity contribution in [1.29, 1.82) is 0 Å². The number of amides is 2. The molecule has 2 amide bonds. The highest BCUT2D eigenvalue weighted by Gasteiger charge is 2.41. The third-order valence-electron chi connectivity index (χ3n) is 4.88. The van der Waals surface area contributed by atoms with E-state index in [9.17, 15) is 31.2 Å². The largest absolute Gasteiger partial charge is 0.416 e. The van der Waals surface area contributed by atoms with Gasteiger partial charge in [-0.3, -0.25) is 14.3 Å². The van der Waals surface area contributed by atoms with E-state index < -0.39 is 50.0 Å². The molecular weight excluding hydrogens is 544 g/mol. The second-order valence-electron chi connectivity index (χ2n) is 7.27. The van der Waals surface area contributed by atoms with Crippen LogP contribution in [0.4, 0.5) is 30.4 Å². The maximum atomic E-state index is 13.1. The summed E-state index contributed by atoms with van der Waals surface area (Å²) in [6.07, 6.45) is -3.32. The summed E-state index contributed by atoms with van der Waals surface area (Å²) in [4.78, 5) is 29.7. The van der Waals surface area contributed by atoms with E-state index in [1.807, 2.05) is 0 Å². The Morgan fingerprint density at radius 3 is 2.22 bits per heavy atom. The number of rotatable bonds is 6. The van der Waals surface area contributed by atoms with Crippen molar-refractivity contribution in [3.05, 3.63) is 88.2 Å². The lowest BCUT2D eigenvalue weighted by Crippen LogP contribution is -2.32. The standard InChI is InChI=1S/C22H13Cl2F3N4O4S/c23-15-9-4-12(22(25,26)27)11-16(15)31-20(32)18(24)19(21(31)33)29-13-5-7-14(8-6-13)36(34,35)30-17-3-1-2-10-28-17/h1-11,29H,(H,28,30). The SMILES string of the molecule is O=C1C(Cl)=C(Nc2ccc(S(=O)(=O)Nc3ccccn3)cc2)C(=O)N1c1cc(C(F)(F)F)ccc1Cl. The Kier molecular flexibility index (Phi) is 6.69. The molecule has 2 heterocycles. The maximum Gasteiger partial charge on any atom is 0.416 e. The minimum atomic E-state index is -4.74. The van der Waals surface area contributed by atoms with E-state index in [0.29, 0.717) is 17.0 Å². The van der Waals surface area contributed by atoms with Gasteiger partial charge in [-0.2, -0.15) is 13.2 Å². The fourth-order valence-electron chi connectivity index (χ4n) is 3.17. The molecule has 8 nitrogen and oxygen atoms in total. The summed E-state index contributed by atoms with van der Waals surface area (Å²) in [5.41, 5.74) is -1.84. The first-order valence-electron chi connectivity index (χ1n) is 9.85. The van der Waals surface area contributed by atoms with Crippen molar-refractivity contribution in [2.24, 2.45) is 0 Å². The molecule has 1 aliphatic rings. The van der Waals surface area contributed by atoms with Crippen LogP contribution in [0.1, 0.15) is 5.56 Å². The van der Waals surface area contributed by atoms with Crippen molar-refractivity contribution in [2.45, 2.75) is 11.1 Å². The van der Waals surface area contributed by atoms with Gasteiger partial charge in [-0.1, -0.05) is 29.3 Å². The van der Waals surface area contributed by atoms with Gasteiger partial charge in [0.25, 0.3) is 21.8 Å². The average Bonchev–Trinajstić information content (AvgIpc) is 3.02. The molecule has 0 saturated carbocycles. The molecule has 1 aromatic heterocycles. The molecule has 1 aliphatic heterocycles. The van der Waals surface area contributed by atoms with Crippen LogP contribution in [0.5, 0.6) is 0 Å². The van der Waals surface area contributed by atoms with Gasteiger partial charge in [-0.05, 0) is 54.6 Å². The minimum absolute atomic E-state index is 0.111. The smallest absolute Gasteiger partial charge is 0.350 e. The summed E-state index contributed by atoms with van der Waals surface area (Å²) in [6, 6.07) is 12.0. The number of carbonyl (C=O) groups excluding carboxylic acids is 2. The number of benzene rings is 2. The van der Waals surface area contributed by atoms with Gasteiger partial charge in [0.2, 0.25) is 0 Å². The van der Waals surface area contributed by atoms with Gasteiger partial charge in [0, 0.05) is 11.9 Å². The Morgan fingerprint density at radius 1 is 0.917 bits per heavy atom. The Hall–Kier alpha value is -3.61. The van der Waals surface area contributed by atoms with Crippen LogP contribution < -0.4 is 14.9 Å². The van der Waals surface area contributed by atoms with Crippen LogP contribution in [0, 0.1) is 0 Å². The molecule has 0 aliphatic carbocycles. The summed E-state index contributed by atoms with van der Waals surface area (Å²) in [5.74, 6) is -2.01. The third kappa shape index (κ3) is 5.01. The van der Waals surface area contributed by atoms with Crippen LogP contribution in [0.2, 0.25) is 5.02 Å². The molecule has 0 spiro atoms. The number of hydrogen-bond donors (Lipinski definition) is 2. The lowest BCUT2D eigenvalue weighted by Gasteiger charge is -2.18. The Bertz CT molecular complexity index is 1500. The zero-order chi connectivity index (χ0) is 26.3. The Morgan fingerprint density at radius 2 is 1.61 bits per heavy atom. The summed E-state index contributed by atoms with van der Waals surface area (Å²) >= 11 is 12.0. The van der Waals surface area contributed by atoms with Crippen LogP contribution in [-0.4, -0.2) is 25.2 Å². The molecule has 0 atom stereocenters. The van der Waals surface area contributed by atoms with Crippen molar-refractivity contribution >= 4 is 62.2 Å². The topological polar surface area (TPSA) is 108 Å². The number of nitrogens with zero attached hydrogens (tertiary/aromatic N) is 2. The quantitative estimate of drug-likeness (QED) is 0.414. The second kappa shape index (κ2) is 9.45. The monoisotopic (exact) mass is 556 g/mol. The van der Waals surface area contributed by atoms with Crippen molar-refractivity contribution in [3.63, 3.8) is 0 Å². The van der Waals surface area contributed by atoms with Crippen molar-refractivity contribution in [2.75, 3.05) is 14.9 Å². The van der Waals surface area contributed by atoms with Crippen molar-refractivity contribution in [3.8, 4) is 0 Å². The zero-order valence-corrected chi connectivity index (χ0v) is 20.0. The van der Waals surface area contributed by atoms with Crippen LogP contribution in [0.15, 0.2) is 82.5 Å². The summed E-state index contributed by atoms with van der Waals surface area (Å²) in [5, 5.41) is 1.75. The molecule has 4 rings (SSSR count). The summed E-state index contributed by atoms with van der Waals surface area (Å²) < 4.78 is 66.8. The first-order valence-corrected chi connectivity index (χ1v) is 12.1. The van der Waals surface area contributed by atoms with E-state index in [1.165, 1.54) is 36.5 Å². The van der Waals surface area contributed by atoms with Crippen LogP contribution in [0.25, 0.3) is 0 Å². The predicted molar refractivity (Wildman–Crippen MR) is 127 cm³/mol. The average molecular weight is 557 g/mol. The number of imide groups is 1. The Balaban J connectivity index is 1.56. The molecule has 0 bridgehead atoms. The van der Waals surface area contributed by atoms with Gasteiger partial charge >= 0.3 is 6.18 Å². The molecule has 186 valence electrons. The van der Waals surface area contributed by atoms with Gasteiger partial charge in [0.1, 0.15) is 16.5 Å².